The van der Waals surface area contributed by atoms with Gasteiger partial charge in [0.05, 0.1) is 23.7 Å². The van der Waals surface area contributed by atoms with Crippen molar-refractivity contribution in [3.8, 4) is 6.07 Å². The van der Waals surface area contributed by atoms with E-state index >= 15 is 0 Å². The Kier molecular flexibility index (Phi) is 6.04. The monoisotopic (exact) mass is 504 g/mol. The summed E-state index contributed by atoms with van der Waals surface area (Å²) in [7, 11) is -4.40. The minimum absolute atomic E-state index is 0.256. The second kappa shape index (κ2) is 8.79. The van der Waals surface area contributed by atoms with E-state index in [0.717, 1.165) is 50.1 Å². The number of fused-ring (bicyclic) bond motifs is 1. The zero-order valence-electron chi connectivity index (χ0n) is 19.3. The highest BCUT2D eigenvalue weighted by Gasteiger charge is 2.45. The van der Waals surface area contributed by atoms with Crippen LogP contribution in [0.1, 0.15) is 80.1 Å². The van der Waals surface area contributed by atoms with E-state index in [1.54, 1.807) is 4.72 Å². The SMILES string of the molecule is CC(NS(=O)(=O)c1ccc(C2C(C#N)c3ccc(C4CC4)cc3N2C2CCCC2)nc1)C(F)(F)F. The molecule has 1 aromatic carbocycles. The fraction of sp³-hybridized carbons (Fsp3) is 0.520. The number of nitriles is 1. The summed E-state index contributed by atoms with van der Waals surface area (Å²) in [6.45, 7) is 0.752. The molecule has 5 rings (SSSR count). The number of aromatic nitrogens is 1. The van der Waals surface area contributed by atoms with Gasteiger partial charge < -0.3 is 4.90 Å². The van der Waals surface area contributed by atoms with Gasteiger partial charge in [0.15, 0.2) is 0 Å². The molecule has 1 N–H and O–H groups in total. The van der Waals surface area contributed by atoms with E-state index in [0.29, 0.717) is 11.6 Å². The predicted molar refractivity (Wildman–Crippen MR) is 124 cm³/mol. The maximum absolute atomic E-state index is 12.9. The van der Waals surface area contributed by atoms with Crippen LogP contribution in [0.2, 0.25) is 0 Å². The van der Waals surface area contributed by atoms with Gasteiger partial charge in [0.25, 0.3) is 0 Å². The Labute approximate surface area is 203 Å². The van der Waals surface area contributed by atoms with Gasteiger partial charge in [0.2, 0.25) is 10.0 Å². The quantitative estimate of drug-likeness (QED) is 0.577. The van der Waals surface area contributed by atoms with E-state index in [-0.39, 0.29) is 17.0 Å². The number of nitrogens with zero attached hydrogens (tertiary/aromatic N) is 3. The Morgan fingerprint density at radius 1 is 1.14 bits per heavy atom. The number of pyridine rings is 1. The van der Waals surface area contributed by atoms with Crippen molar-refractivity contribution in [2.24, 2.45) is 0 Å². The molecule has 3 aliphatic rings. The maximum atomic E-state index is 12.9. The Bertz CT molecular complexity index is 1250. The molecule has 6 nitrogen and oxygen atoms in total. The molecule has 2 fully saturated rings. The van der Waals surface area contributed by atoms with E-state index in [2.05, 4.69) is 28.1 Å². The molecule has 2 saturated carbocycles. The number of alkyl halides is 3. The molecule has 186 valence electrons. The minimum Gasteiger partial charge on any atom is -0.358 e. The summed E-state index contributed by atoms with van der Waals surface area (Å²) >= 11 is 0. The van der Waals surface area contributed by atoms with Crippen molar-refractivity contribution in [1.82, 2.24) is 9.71 Å². The average Bonchev–Trinajstić information content (AvgIpc) is 3.42. The smallest absolute Gasteiger partial charge is 0.358 e. The molecule has 35 heavy (non-hydrogen) atoms. The first kappa shape index (κ1) is 24.1. The van der Waals surface area contributed by atoms with Crippen LogP contribution in [0.3, 0.4) is 0 Å². The third-order valence-electron chi connectivity index (χ3n) is 7.38. The Balaban J connectivity index is 1.49. The summed E-state index contributed by atoms with van der Waals surface area (Å²) in [5.41, 5.74) is 3.82. The van der Waals surface area contributed by atoms with Crippen LogP contribution in [0.4, 0.5) is 18.9 Å². The molecular formula is C25H27F3N4O2S. The minimum atomic E-state index is -4.70. The number of halogens is 3. The van der Waals surface area contributed by atoms with Gasteiger partial charge in [-0.2, -0.15) is 23.2 Å². The number of benzene rings is 1. The van der Waals surface area contributed by atoms with E-state index < -0.39 is 28.2 Å². The highest BCUT2D eigenvalue weighted by Crippen LogP contribution is 2.53. The van der Waals surface area contributed by atoms with Crippen molar-refractivity contribution in [3.63, 3.8) is 0 Å². The van der Waals surface area contributed by atoms with E-state index in [4.69, 9.17) is 0 Å². The molecule has 0 spiro atoms. The summed E-state index contributed by atoms with van der Waals surface area (Å²) in [6.07, 6.45) is 2.96. The van der Waals surface area contributed by atoms with Crippen LogP contribution >= 0.6 is 0 Å². The maximum Gasteiger partial charge on any atom is 0.404 e. The van der Waals surface area contributed by atoms with Crippen molar-refractivity contribution in [2.75, 3.05) is 4.90 Å². The number of hydrogen-bond acceptors (Lipinski definition) is 5. The summed E-state index contributed by atoms with van der Waals surface area (Å²) in [6, 6.07) is 9.23. The third-order valence-corrected chi connectivity index (χ3v) is 8.91. The lowest BCUT2D eigenvalue weighted by molar-refractivity contribution is -0.147. The first-order valence-corrected chi connectivity index (χ1v) is 13.5. The number of sulfonamides is 1. The second-order valence-electron chi connectivity index (χ2n) is 9.79. The zero-order valence-corrected chi connectivity index (χ0v) is 20.1. The van der Waals surface area contributed by atoms with Crippen molar-refractivity contribution >= 4 is 15.7 Å². The normalized spacial score (nSPS) is 23.8. The molecule has 0 amide bonds. The molecule has 0 saturated heterocycles. The summed E-state index contributed by atoms with van der Waals surface area (Å²) < 4.78 is 65.2. The van der Waals surface area contributed by atoms with Gasteiger partial charge in [0, 0.05) is 17.9 Å². The molecular weight excluding hydrogens is 477 g/mol. The lowest BCUT2D eigenvalue weighted by Gasteiger charge is -2.34. The van der Waals surface area contributed by atoms with Gasteiger partial charge >= 0.3 is 6.18 Å². The van der Waals surface area contributed by atoms with Crippen LogP contribution in [0.25, 0.3) is 0 Å². The molecule has 0 bridgehead atoms. The Morgan fingerprint density at radius 3 is 2.43 bits per heavy atom. The second-order valence-corrected chi connectivity index (χ2v) is 11.5. The van der Waals surface area contributed by atoms with Gasteiger partial charge in [-0.15, -0.1) is 0 Å². The number of nitrogens with one attached hydrogen (secondary N) is 1. The largest absolute Gasteiger partial charge is 0.404 e. The van der Waals surface area contributed by atoms with Crippen molar-refractivity contribution in [1.29, 1.82) is 5.26 Å². The molecule has 0 radical (unpaired) electrons. The summed E-state index contributed by atoms with van der Waals surface area (Å²) in [5, 5.41) is 10.1. The number of hydrogen-bond donors (Lipinski definition) is 1. The van der Waals surface area contributed by atoms with Gasteiger partial charge in [-0.3, -0.25) is 4.98 Å². The van der Waals surface area contributed by atoms with E-state index in [1.165, 1.54) is 30.5 Å². The van der Waals surface area contributed by atoms with Crippen LogP contribution in [-0.2, 0) is 10.0 Å². The van der Waals surface area contributed by atoms with Crippen molar-refractivity contribution in [2.45, 2.75) is 86.5 Å². The fourth-order valence-corrected chi connectivity index (χ4v) is 6.53. The van der Waals surface area contributed by atoms with Crippen molar-refractivity contribution < 1.29 is 21.6 Å². The molecule has 3 unspecified atom stereocenters. The van der Waals surface area contributed by atoms with E-state index in [1.807, 2.05) is 6.07 Å². The van der Waals surface area contributed by atoms with Crippen LogP contribution in [0.5, 0.6) is 0 Å². The van der Waals surface area contributed by atoms with Gasteiger partial charge in [-0.05, 0) is 67.9 Å². The van der Waals surface area contributed by atoms with Crippen LogP contribution in [0, 0.1) is 11.3 Å². The standard InChI is InChI=1S/C25H27F3N4O2S/c1-15(25(26,27)28)31-35(33,34)19-9-11-22(30-14-19)24-21(13-29)20-10-8-17(16-6-7-16)12-23(20)32(24)18-4-2-3-5-18/h8-12,14-16,18,21,24,31H,2-7H2,1H3. The topological polar surface area (TPSA) is 86.1 Å². The molecule has 10 heteroatoms. The predicted octanol–water partition coefficient (Wildman–Crippen LogP) is 5.30. The fourth-order valence-electron chi connectivity index (χ4n) is 5.35. The lowest BCUT2D eigenvalue weighted by atomic mass is 9.93. The van der Waals surface area contributed by atoms with Gasteiger partial charge in [0.1, 0.15) is 10.9 Å². The molecule has 2 aromatic rings. The van der Waals surface area contributed by atoms with Gasteiger partial charge in [-0.1, -0.05) is 25.0 Å². The van der Waals surface area contributed by atoms with Crippen molar-refractivity contribution in [3.05, 3.63) is 53.3 Å². The number of anilines is 1. The first-order chi connectivity index (χ1) is 16.6. The molecule has 3 atom stereocenters. The van der Waals surface area contributed by atoms with E-state index in [9.17, 15) is 26.9 Å². The zero-order chi connectivity index (χ0) is 25.0. The molecule has 2 aliphatic carbocycles. The van der Waals surface area contributed by atoms with Gasteiger partial charge in [-0.25, -0.2) is 8.42 Å². The van der Waals surface area contributed by atoms with Crippen LogP contribution < -0.4 is 9.62 Å². The highest BCUT2D eigenvalue weighted by molar-refractivity contribution is 7.89. The van der Waals surface area contributed by atoms with Crippen LogP contribution in [-0.4, -0.2) is 31.7 Å². The van der Waals surface area contributed by atoms with Crippen LogP contribution in [0.15, 0.2) is 41.4 Å². The number of rotatable bonds is 6. The summed E-state index contributed by atoms with van der Waals surface area (Å²) in [4.78, 5) is 6.33. The average molecular weight is 505 g/mol. The molecule has 1 aromatic heterocycles. The lowest BCUT2D eigenvalue weighted by Crippen LogP contribution is -2.43. The summed E-state index contributed by atoms with van der Waals surface area (Å²) in [5.74, 6) is 0.0942. The Morgan fingerprint density at radius 2 is 1.86 bits per heavy atom. The highest BCUT2D eigenvalue weighted by atomic mass is 32.2. The molecule has 2 heterocycles. The third kappa shape index (κ3) is 4.52. The molecule has 1 aliphatic heterocycles. The first-order valence-electron chi connectivity index (χ1n) is 12.0. The Hall–Kier alpha value is -2.64.